The maximum Gasteiger partial charge on any atom is 0.129 e. The van der Waals surface area contributed by atoms with E-state index in [1.54, 1.807) is 6.92 Å². The van der Waals surface area contributed by atoms with Crippen LogP contribution >= 0.6 is 0 Å². The van der Waals surface area contributed by atoms with Crippen molar-refractivity contribution in [3.63, 3.8) is 0 Å². The molecule has 0 bridgehead atoms. The molecule has 0 unspecified atom stereocenters. The molecule has 0 amide bonds. The molecule has 0 aromatic rings. The summed E-state index contributed by atoms with van der Waals surface area (Å²) in [6, 6.07) is 0. The number of aliphatic hydroxyl groups excluding tert-OH is 1. The van der Waals surface area contributed by atoms with Gasteiger partial charge in [-0.25, -0.2) is 5.84 Å². The summed E-state index contributed by atoms with van der Waals surface area (Å²) in [7, 11) is 0. The summed E-state index contributed by atoms with van der Waals surface area (Å²) in [4.78, 5) is 10.6. The first-order chi connectivity index (χ1) is 7.56. The molecule has 16 heavy (non-hydrogen) atoms. The molecule has 0 aliphatic heterocycles. The second-order valence-corrected chi connectivity index (χ2v) is 3.26. The molecule has 96 valence electrons. The lowest BCUT2D eigenvalue weighted by Crippen LogP contribution is -2.28. The molecule has 5 nitrogen and oxygen atoms in total. The van der Waals surface area contributed by atoms with Crippen molar-refractivity contribution >= 4 is 5.78 Å². The maximum absolute atomic E-state index is 10.6. The lowest BCUT2D eigenvalue weighted by Gasteiger charge is -2.13. The second kappa shape index (κ2) is 12.0. The highest BCUT2D eigenvalue weighted by Gasteiger charge is 1.97. The van der Waals surface area contributed by atoms with Gasteiger partial charge in [-0.2, -0.15) is 0 Å². The average Bonchev–Trinajstić information content (AvgIpc) is 2.26. The van der Waals surface area contributed by atoms with Gasteiger partial charge in [0, 0.05) is 19.2 Å². The fourth-order valence-corrected chi connectivity index (χ4v) is 0.987. The van der Waals surface area contributed by atoms with E-state index >= 15 is 0 Å². The third-order valence-electron chi connectivity index (χ3n) is 1.71. The second-order valence-electron chi connectivity index (χ2n) is 3.26. The van der Waals surface area contributed by atoms with E-state index in [0.29, 0.717) is 18.7 Å². The number of hydrogen-bond acceptors (Lipinski definition) is 5. The molecule has 0 atom stereocenters. The highest BCUT2D eigenvalue weighted by molar-refractivity contribution is 5.75. The van der Waals surface area contributed by atoms with Crippen LogP contribution in [0, 0.1) is 0 Å². The number of rotatable bonds is 7. The van der Waals surface area contributed by atoms with Gasteiger partial charge in [-0.05, 0) is 19.8 Å². The Morgan fingerprint density at radius 2 is 1.94 bits per heavy atom. The Kier molecular flexibility index (Phi) is 13.0. The minimum absolute atomic E-state index is 0.193. The zero-order valence-electron chi connectivity index (χ0n) is 10.6. The molecule has 0 aliphatic carbocycles. The van der Waals surface area contributed by atoms with Gasteiger partial charge < -0.3 is 20.6 Å². The summed E-state index contributed by atoms with van der Waals surface area (Å²) >= 11 is 0. The van der Waals surface area contributed by atoms with E-state index in [-0.39, 0.29) is 12.4 Å². The number of unbranched alkanes of at least 4 members (excludes halogenated alkanes) is 1. The van der Waals surface area contributed by atoms with Gasteiger partial charge in [0.15, 0.2) is 0 Å². The summed E-state index contributed by atoms with van der Waals surface area (Å²) < 4.78 is 0. The monoisotopic (exact) mass is 231 g/mol. The van der Waals surface area contributed by atoms with Crippen LogP contribution in [0.5, 0.6) is 0 Å². The Labute approximate surface area is 98.1 Å². The number of carbonyl (C=O) groups is 1. The Hall–Kier alpha value is -1.07. The minimum Gasteiger partial charge on any atom is -0.399 e. The van der Waals surface area contributed by atoms with Gasteiger partial charge in [-0.1, -0.05) is 13.8 Å². The first-order valence-corrected chi connectivity index (χ1v) is 5.64. The Bertz CT molecular complexity index is 205. The number of nitrogens with zero attached hydrogens (tertiary/aromatic N) is 1. The molecule has 0 aromatic carbocycles. The molecule has 0 rings (SSSR count). The van der Waals surface area contributed by atoms with E-state index in [1.807, 2.05) is 13.8 Å². The van der Waals surface area contributed by atoms with Gasteiger partial charge >= 0.3 is 0 Å². The zero-order chi connectivity index (χ0) is 13.0. The Morgan fingerprint density at radius 1 is 1.38 bits per heavy atom. The van der Waals surface area contributed by atoms with Crippen molar-refractivity contribution in [2.45, 2.75) is 40.0 Å². The van der Waals surface area contributed by atoms with E-state index in [4.69, 9.17) is 16.7 Å². The van der Waals surface area contributed by atoms with Crippen molar-refractivity contribution < 1.29 is 9.90 Å². The number of ketones is 1. The van der Waals surface area contributed by atoms with Gasteiger partial charge in [-0.3, -0.25) is 0 Å². The number of hydrogen-bond donors (Lipinski definition) is 3. The van der Waals surface area contributed by atoms with Crippen molar-refractivity contribution in [1.29, 1.82) is 0 Å². The predicted molar refractivity (Wildman–Crippen MR) is 66.1 cm³/mol. The van der Waals surface area contributed by atoms with Gasteiger partial charge in [-0.15, -0.1) is 0 Å². The first-order valence-electron chi connectivity index (χ1n) is 5.64. The molecule has 0 spiro atoms. The molecule has 0 saturated heterocycles. The lowest BCUT2D eigenvalue weighted by molar-refractivity contribution is -0.117. The normalized spacial score (nSPS) is 10.4. The first kappa shape index (κ1) is 17.3. The van der Waals surface area contributed by atoms with E-state index in [2.05, 4.69) is 0 Å². The molecule has 5 N–H and O–H groups in total. The Morgan fingerprint density at radius 3 is 2.38 bits per heavy atom. The summed E-state index contributed by atoms with van der Waals surface area (Å²) in [6.45, 7) is 6.01. The van der Waals surface area contributed by atoms with E-state index < -0.39 is 0 Å². The standard InChI is InChI=1S/C9H19N3O2.C2H6/c1-8(14)4-2-3-5-12(11)6-9(10)7-13;1-2/h6,13H,2-5,7,10-11H2,1H3;1-2H3/b9-6-;. The van der Waals surface area contributed by atoms with Crippen LogP contribution in [0.4, 0.5) is 0 Å². The van der Waals surface area contributed by atoms with E-state index in [1.165, 1.54) is 11.2 Å². The molecule has 5 heteroatoms. The quantitative estimate of drug-likeness (QED) is 0.341. The number of hydrazine groups is 1. The molecule has 0 fully saturated rings. The Balaban J connectivity index is 0. The molecule has 0 heterocycles. The summed E-state index contributed by atoms with van der Waals surface area (Å²) in [5.74, 6) is 5.74. The number of aliphatic hydroxyl groups is 1. The van der Waals surface area contributed by atoms with Crippen LogP contribution in [0.1, 0.15) is 40.0 Å². The van der Waals surface area contributed by atoms with Crippen molar-refractivity contribution in [3.8, 4) is 0 Å². The van der Waals surface area contributed by atoms with Gasteiger partial charge in [0.2, 0.25) is 0 Å². The van der Waals surface area contributed by atoms with Crippen LogP contribution in [0.3, 0.4) is 0 Å². The minimum atomic E-state index is -0.193. The third kappa shape index (κ3) is 12.9. The van der Waals surface area contributed by atoms with Crippen molar-refractivity contribution in [1.82, 2.24) is 5.01 Å². The average molecular weight is 231 g/mol. The molecular weight excluding hydrogens is 206 g/mol. The lowest BCUT2D eigenvalue weighted by atomic mass is 10.2. The number of nitrogens with two attached hydrogens (primary N) is 2. The molecule has 0 aromatic heterocycles. The number of Topliss-reactive ketones (excluding diaryl/α,β-unsaturated/α-hetero) is 1. The van der Waals surface area contributed by atoms with E-state index in [9.17, 15) is 4.79 Å². The predicted octanol–water partition coefficient (Wildman–Crippen LogP) is 0.740. The van der Waals surface area contributed by atoms with Crippen LogP contribution < -0.4 is 11.6 Å². The van der Waals surface area contributed by atoms with Crippen LogP contribution in [0.25, 0.3) is 0 Å². The SMILES string of the molecule is CC.CC(=O)CCCCN(N)/C=C(\N)CO. The molecule has 0 saturated carbocycles. The van der Waals surface area contributed by atoms with Crippen molar-refractivity contribution in [3.05, 3.63) is 11.9 Å². The molecular formula is C11H25N3O2. The van der Waals surface area contributed by atoms with Gasteiger partial charge in [0.1, 0.15) is 5.78 Å². The highest BCUT2D eigenvalue weighted by atomic mass is 16.3. The van der Waals surface area contributed by atoms with Crippen LogP contribution in [0.15, 0.2) is 11.9 Å². The smallest absolute Gasteiger partial charge is 0.129 e. The van der Waals surface area contributed by atoms with Crippen LogP contribution in [-0.2, 0) is 4.79 Å². The van der Waals surface area contributed by atoms with Crippen LogP contribution in [-0.4, -0.2) is 29.1 Å². The van der Waals surface area contributed by atoms with Crippen LogP contribution in [0.2, 0.25) is 0 Å². The number of carbonyl (C=O) groups excluding carboxylic acids is 1. The maximum atomic E-state index is 10.6. The third-order valence-corrected chi connectivity index (χ3v) is 1.71. The van der Waals surface area contributed by atoms with Crippen molar-refractivity contribution in [2.75, 3.05) is 13.2 Å². The summed E-state index contributed by atoms with van der Waals surface area (Å²) in [6.07, 6.45) is 3.75. The fourth-order valence-electron chi connectivity index (χ4n) is 0.987. The fraction of sp³-hybridized carbons (Fsp3) is 0.727. The molecule has 0 aliphatic rings. The summed E-state index contributed by atoms with van der Waals surface area (Å²) in [5, 5.41) is 10.0. The van der Waals surface area contributed by atoms with E-state index in [0.717, 1.165) is 12.8 Å². The molecule has 0 radical (unpaired) electrons. The zero-order valence-corrected chi connectivity index (χ0v) is 10.6. The van der Waals surface area contributed by atoms with Gasteiger partial charge in [0.25, 0.3) is 0 Å². The van der Waals surface area contributed by atoms with Crippen molar-refractivity contribution in [2.24, 2.45) is 11.6 Å². The largest absolute Gasteiger partial charge is 0.399 e. The summed E-state index contributed by atoms with van der Waals surface area (Å²) in [5.41, 5.74) is 5.69. The van der Waals surface area contributed by atoms with Gasteiger partial charge in [0.05, 0.1) is 12.3 Å². The highest BCUT2D eigenvalue weighted by Crippen LogP contribution is 1.97. The topological polar surface area (TPSA) is 92.6 Å².